The number of amides is 2. The van der Waals surface area contributed by atoms with Gasteiger partial charge in [0.15, 0.2) is 0 Å². The molecule has 0 heterocycles. The van der Waals surface area contributed by atoms with Crippen molar-refractivity contribution in [2.75, 3.05) is 23.7 Å². The van der Waals surface area contributed by atoms with Crippen LogP contribution in [0.1, 0.15) is 48.4 Å². The summed E-state index contributed by atoms with van der Waals surface area (Å²) in [4.78, 5) is 28.9. The van der Waals surface area contributed by atoms with Crippen LogP contribution in [0.25, 0.3) is 0 Å². The second kappa shape index (κ2) is 15.0. The SMILES string of the molecule is CCCNC(=O)[C@@H](Cc1ccccc1)N(Cc1ccccc1Cl)C(=O)CCCN(c1cc(C)ccc1C)S(C)(=O)=O. The fraction of sp³-hybridized carbons (Fsp3) is 0.375. The third-order valence-electron chi connectivity index (χ3n) is 6.90. The Balaban J connectivity index is 1.90. The van der Waals surface area contributed by atoms with Gasteiger partial charge in [0.25, 0.3) is 0 Å². The Morgan fingerprint density at radius 2 is 1.66 bits per heavy atom. The van der Waals surface area contributed by atoms with E-state index in [9.17, 15) is 18.0 Å². The summed E-state index contributed by atoms with van der Waals surface area (Å²) in [5.74, 6) is -0.476. The number of halogens is 1. The molecule has 0 saturated carbocycles. The van der Waals surface area contributed by atoms with Gasteiger partial charge in [-0.05, 0) is 61.1 Å². The van der Waals surface area contributed by atoms with Crippen molar-refractivity contribution in [1.82, 2.24) is 10.2 Å². The smallest absolute Gasteiger partial charge is 0.243 e. The monoisotopic (exact) mass is 597 g/mol. The first kappa shape index (κ1) is 32.2. The molecular weight excluding hydrogens is 558 g/mol. The molecule has 2 amide bonds. The molecular formula is C32H40ClN3O4S. The van der Waals surface area contributed by atoms with Crippen LogP contribution in [-0.4, -0.2) is 50.5 Å². The predicted molar refractivity (Wildman–Crippen MR) is 167 cm³/mol. The van der Waals surface area contributed by atoms with Crippen LogP contribution in [0, 0.1) is 13.8 Å². The van der Waals surface area contributed by atoms with E-state index in [1.165, 1.54) is 10.6 Å². The first-order valence-electron chi connectivity index (χ1n) is 13.9. The number of hydrogen-bond acceptors (Lipinski definition) is 4. The lowest BCUT2D eigenvalue weighted by Gasteiger charge is -2.32. The van der Waals surface area contributed by atoms with Gasteiger partial charge in [-0.25, -0.2) is 8.42 Å². The van der Waals surface area contributed by atoms with Crippen molar-refractivity contribution in [3.8, 4) is 0 Å². The Morgan fingerprint density at radius 1 is 0.976 bits per heavy atom. The van der Waals surface area contributed by atoms with Crippen LogP contribution in [-0.2, 0) is 32.6 Å². The van der Waals surface area contributed by atoms with Crippen molar-refractivity contribution in [3.63, 3.8) is 0 Å². The molecule has 0 spiro atoms. The van der Waals surface area contributed by atoms with Crippen LogP contribution in [0.15, 0.2) is 72.8 Å². The zero-order chi connectivity index (χ0) is 30.0. The van der Waals surface area contributed by atoms with E-state index in [0.29, 0.717) is 23.7 Å². The van der Waals surface area contributed by atoms with Crippen LogP contribution < -0.4 is 9.62 Å². The highest BCUT2D eigenvalue weighted by atomic mass is 35.5. The maximum Gasteiger partial charge on any atom is 0.243 e. The van der Waals surface area contributed by atoms with Gasteiger partial charge in [0, 0.05) is 37.5 Å². The quantitative estimate of drug-likeness (QED) is 0.259. The predicted octanol–water partition coefficient (Wildman–Crippen LogP) is 5.67. The lowest BCUT2D eigenvalue weighted by Crippen LogP contribution is -2.50. The molecule has 1 atom stereocenters. The second-order valence-corrected chi connectivity index (χ2v) is 12.7. The van der Waals surface area contributed by atoms with Gasteiger partial charge in [-0.2, -0.15) is 0 Å². The van der Waals surface area contributed by atoms with Gasteiger partial charge in [0.2, 0.25) is 21.8 Å². The molecule has 1 N–H and O–H groups in total. The Morgan fingerprint density at radius 3 is 2.32 bits per heavy atom. The highest BCUT2D eigenvalue weighted by molar-refractivity contribution is 7.92. The molecule has 3 aromatic carbocycles. The largest absolute Gasteiger partial charge is 0.354 e. The molecule has 0 bridgehead atoms. The number of rotatable bonds is 14. The van der Waals surface area contributed by atoms with E-state index in [0.717, 1.165) is 28.7 Å². The van der Waals surface area contributed by atoms with Crippen LogP contribution in [0.3, 0.4) is 0 Å². The topological polar surface area (TPSA) is 86.8 Å². The van der Waals surface area contributed by atoms with Crippen molar-refractivity contribution in [2.45, 2.75) is 59.0 Å². The first-order valence-corrected chi connectivity index (χ1v) is 16.1. The van der Waals surface area contributed by atoms with Crippen LogP contribution in [0.2, 0.25) is 5.02 Å². The van der Waals surface area contributed by atoms with E-state index in [1.54, 1.807) is 11.0 Å². The molecule has 0 aliphatic heterocycles. The fourth-order valence-electron chi connectivity index (χ4n) is 4.70. The van der Waals surface area contributed by atoms with Crippen molar-refractivity contribution < 1.29 is 18.0 Å². The second-order valence-electron chi connectivity index (χ2n) is 10.3. The molecule has 0 aliphatic carbocycles. The summed E-state index contributed by atoms with van der Waals surface area (Å²) in [6.07, 6.45) is 2.63. The molecule has 9 heteroatoms. The molecule has 3 aromatic rings. The van der Waals surface area contributed by atoms with Gasteiger partial charge in [-0.3, -0.25) is 13.9 Å². The number of aryl methyl sites for hydroxylation is 2. The highest BCUT2D eigenvalue weighted by Gasteiger charge is 2.31. The maximum atomic E-state index is 13.9. The molecule has 41 heavy (non-hydrogen) atoms. The van der Waals surface area contributed by atoms with Crippen LogP contribution in [0.4, 0.5) is 5.69 Å². The summed E-state index contributed by atoms with van der Waals surface area (Å²) in [5.41, 5.74) is 4.05. The Bertz CT molecular complexity index is 1430. The Labute approximate surface area is 249 Å². The third kappa shape index (κ3) is 9.33. The van der Waals surface area contributed by atoms with Gasteiger partial charge in [0.1, 0.15) is 6.04 Å². The molecule has 220 valence electrons. The van der Waals surface area contributed by atoms with E-state index in [-0.39, 0.29) is 37.7 Å². The molecule has 0 aromatic heterocycles. The fourth-order valence-corrected chi connectivity index (χ4v) is 5.91. The van der Waals surface area contributed by atoms with E-state index >= 15 is 0 Å². The normalized spacial score (nSPS) is 12.0. The maximum absolute atomic E-state index is 13.9. The van der Waals surface area contributed by atoms with E-state index in [1.807, 2.05) is 87.5 Å². The lowest BCUT2D eigenvalue weighted by molar-refractivity contribution is -0.141. The van der Waals surface area contributed by atoms with Crippen molar-refractivity contribution in [1.29, 1.82) is 0 Å². The molecule has 0 aliphatic rings. The standard InChI is InChI=1S/C32H40ClN3O4S/c1-5-19-34-32(38)30(22-26-12-7-6-8-13-26)35(23-27-14-9-10-15-28(27)33)31(37)16-11-20-36(41(4,39)40)29-21-24(2)17-18-25(29)3/h6-10,12-15,17-18,21,30H,5,11,16,19-20,22-23H2,1-4H3,(H,34,38)/t30-/m1/s1. The minimum atomic E-state index is -3.58. The molecule has 3 rings (SSSR count). The number of sulfonamides is 1. The first-order chi connectivity index (χ1) is 19.5. The van der Waals surface area contributed by atoms with E-state index in [4.69, 9.17) is 11.6 Å². The number of hydrogen-bond donors (Lipinski definition) is 1. The molecule has 7 nitrogen and oxygen atoms in total. The summed E-state index contributed by atoms with van der Waals surface area (Å²) in [6, 6.07) is 21.8. The summed E-state index contributed by atoms with van der Waals surface area (Å²) in [5, 5.41) is 3.47. The molecule has 0 fully saturated rings. The average Bonchev–Trinajstić information content (AvgIpc) is 2.94. The minimum Gasteiger partial charge on any atom is -0.354 e. The van der Waals surface area contributed by atoms with Gasteiger partial charge < -0.3 is 10.2 Å². The van der Waals surface area contributed by atoms with Gasteiger partial charge in [-0.1, -0.05) is 79.2 Å². The van der Waals surface area contributed by atoms with Gasteiger partial charge in [0.05, 0.1) is 11.9 Å². The lowest BCUT2D eigenvalue weighted by atomic mass is 10.0. The zero-order valence-electron chi connectivity index (χ0n) is 24.3. The summed E-state index contributed by atoms with van der Waals surface area (Å²) >= 11 is 6.48. The van der Waals surface area contributed by atoms with Crippen molar-refractivity contribution in [3.05, 3.63) is 100 Å². The summed E-state index contributed by atoms with van der Waals surface area (Å²) in [7, 11) is -3.58. The van der Waals surface area contributed by atoms with Crippen molar-refractivity contribution in [2.24, 2.45) is 0 Å². The Hall–Kier alpha value is -3.36. The number of carbonyl (C=O) groups excluding carboxylic acids is 2. The number of anilines is 1. The summed E-state index contributed by atoms with van der Waals surface area (Å²) < 4.78 is 26.9. The van der Waals surface area contributed by atoms with Crippen LogP contribution >= 0.6 is 11.6 Å². The van der Waals surface area contributed by atoms with E-state index in [2.05, 4.69) is 5.32 Å². The summed E-state index contributed by atoms with van der Waals surface area (Å²) in [6.45, 7) is 6.55. The minimum absolute atomic E-state index is 0.0632. The number of nitrogens with one attached hydrogen (secondary N) is 1. The van der Waals surface area contributed by atoms with Crippen LogP contribution in [0.5, 0.6) is 0 Å². The Kier molecular flexibility index (Phi) is 11.8. The zero-order valence-corrected chi connectivity index (χ0v) is 25.8. The number of carbonyl (C=O) groups is 2. The van der Waals surface area contributed by atoms with Crippen molar-refractivity contribution >= 4 is 39.1 Å². The molecule has 0 unspecified atom stereocenters. The average molecular weight is 598 g/mol. The third-order valence-corrected chi connectivity index (χ3v) is 8.45. The molecule has 0 radical (unpaired) electrons. The van der Waals surface area contributed by atoms with Gasteiger partial charge in [-0.15, -0.1) is 0 Å². The molecule has 0 saturated heterocycles. The number of nitrogens with zero attached hydrogens (tertiary/aromatic N) is 2. The van der Waals surface area contributed by atoms with E-state index < -0.39 is 16.1 Å². The highest BCUT2D eigenvalue weighted by Crippen LogP contribution is 2.25. The number of benzene rings is 3. The van der Waals surface area contributed by atoms with Gasteiger partial charge >= 0.3 is 0 Å².